The van der Waals surface area contributed by atoms with Gasteiger partial charge in [0.2, 0.25) is 5.60 Å². The molecule has 1 atom stereocenters. The third-order valence-corrected chi connectivity index (χ3v) is 3.98. The average molecular weight is 380 g/mol. The van der Waals surface area contributed by atoms with Crippen molar-refractivity contribution in [3.05, 3.63) is 58.9 Å². The third-order valence-electron chi connectivity index (χ3n) is 3.98. The molecule has 0 fully saturated rings. The zero-order valence-corrected chi connectivity index (χ0v) is 13.4. The molecule has 0 amide bonds. The number of aliphatic carboxylic acids is 1. The number of hydrogen-bond donors (Lipinski definition) is 1. The molecule has 1 aliphatic carbocycles. The molecule has 0 aromatic heterocycles. The number of alkyl halides is 6. The monoisotopic (exact) mass is 380 g/mol. The van der Waals surface area contributed by atoms with E-state index in [2.05, 4.69) is 0 Å². The molecule has 0 saturated heterocycles. The van der Waals surface area contributed by atoms with Crippen LogP contribution in [0.3, 0.4) is 0 Å². The number of allylic oxidation sites excluding steroid dienone is 4. The van der Waals surface area contributed by atoms with Crippen LogP contribution >= 0.6 is 0 Å². The highest BCUT2D eigenvalue weighted by Crippen LogP contribution is 2.37. The Bertz CT molecular complexity index is 743. The third kappa shape index (κ3) is 4.20. The van der Waals surface area contributed by atoms with Gasteiger partial charge in [-0.05, 0) is 31.6 Å². The van der Waals surface area contributed by atoms with Crippen molar-refractivity contribution in [2.75, 3.05) is 0 Å². The van der Waals surface area contributed by atoms with E-state index >= 15 is 0 Å². The molecule has 2 rings (SSSR count). The molecule has 1 N–H and O–H groups in total. The molecule has 0 saturated carbocycles. The van der Waals surface area contributed by atoms with Crippen LogP contribution in [0, 0.1) is 0 Å². The fourth-order valence-electron chi connectivity index (χ4n) is 2.40. The number of carbonyl (C=O) groups is 1. The lowest BCUT2D eigenvalue weighted by molar-refractivity contribution is -0.160. The molecular formula is C17H14F6O3. The summed E-state index contributed by atoms with van der Waals surface area (Å²) >= 11 is 0. The fourth-order valence-corrected chi connectivity index (χ4v) is 2.40. The van der Waals surface area contributed by atoms with Crippen molar-refractivity contribution in [2.45, 2.75) is 37.7 Å². The number of carboxylic acids is 1. The van der Waals surface area contributed by atoms with Gasteiger partial charge in [0.1, 0.15) is 0 Å². The summed E-state index contributed by atoms with van der Waals surface area (Å²) in [5, 5.41) is 9.46. The first-order valence-corrected chi connectivity index (χ1v) is 7.41. The van der Waals surface area contributed by atoms with E-state index in [4.69, 9.17) is 4.74 Å². The Morgan fingerprint density at radius 3 is 1.85 bits per heavy atom. The Kier molecular flexibility index (Phi) is 5.12. The van der Waals surface area contributed by atoms with Crippen molar-refractivity contribution >= 4 is 5.97 Å². The van der Waals surface area contributed by atoms with Crippen LogP contribution in [0.2, 0.25) is 0 Å². The number of benzene rings is 1. The number of hydrogen-bond acceptors (Lipinski definition) is 2. The molecule has 0 bridgehead atoms. The van der Waals surface area contributed by atoms with E-state index in [0.29, 0.717) is 0 Å². The van der Waals surface area contributed by atoms with Gasteiger partial charge in [-0.1, -0.05) is 18.2 Å². The van der Waals surface area contributed by atoms with Gasteiger partial charge in [0.05, 0.1) is 11.3 Å². The highest BCUT2D eigenvalue weighted by molar-refractivity contribution is 5.79. The van der Waals surface area contributed by atoms with Crippen LogP contribution in [0.5, 0.6) is 0 Å². The summed E-state index contributed by atoms with van der Waals surface area (Å²) in [5.74, 6) is -1.48. The first kappa shape index (κ1) is 19.9. The maximum atomic E-state index is 12.6. The van der Waals surface area contributed by atoms with Crippen molar-refractivity contribution in [3.63, 3.8) is 0 Å². The minimum atomic E-state index is -4.58. The molecule has 1 aliphatic rings. The van der Waals surface area contributed by atoms with Crippen molar-refractivity contribution in [1.29, 1.82) is 0 Å². The highest BCUT2D eigenvalue weighted by atomic mass is 19.4. The second-order valence-corrected chi connectivity index (χ2v) is 5.84. The average Bonchev–Trinajstić information content (AvgIpc) is 2.53. The first-order chi connectivity index (χ1) is 11.8. The number of rotatable bonds is 4. The summed E-state index contributed by atoms with van der Waals surface area (Å²) in [4.78, 5) is 11.6. The maximum Gasteiger partial charge on any atom is 0.416 e. The van der Waals surface area contributed by atoms with Crippen molar-refractivity contribution < 1.29 is 41.0 Å². The van der Waals surface area contributed by atoms with Gasteiger partial charge < -0.3 is 9.84 Å². The second-order valence-electron chi connectivity index (χ2n) is 5.84. The van der Waals surface area contributed by atoms with Gasteiger partial charge in [-0.25, -0.2) is 4.79 Å². The Hall–Kier alpha value is -2.45. The van der Waals surface area contributed by atoms with Gasteiger partial charge in [-0.2, -0.15) is 26.3 Å². The van der Waals surface area contributed by atoms with Crippen LogP contribution in [0.4, 0.5) is 26.3 Å². The van der Waals surface area contributed by atoms with E-state index in [9.17, 15) is 36.2 Å². The molecular weight excluding hydrogens is 366 g/mol. The molecule has 1 aromatic carbocycles. The van der Waals surface area contributed by atoms with Crippen LogP contribution in [-0.4, -0.2) is 17.3 Å². The Balaban J connectivity index is 2.30. The smallest absolute Gasteiger partial charge is 0.416 e. The van der Waals surface area contributed by atoms with E-state index in [-0.39, 0.29) is 24.2 Å². The van der Waals surface area contributed by atoms with Crippen molar-refractivity contribution in [2.24, 2.45) is 0 Å². The largest absolute Gasteiger partial charge is 0.478 e. The van der Waals surface area contributed by atoms with Crippen LogP contribution in [-0.2, 0) is 21.3 Å². The van der Waals surface area contributed by atoms with E-state index in [1.165, 1.54) is 0 Å². The Morgan fingerprint density at radius 2 is 1.46 bits per heavy atom. The Morgan fingerprint density at radius 1 is 0.923 bits per heavy atom. The standard InChI is InChI=1S/C17H14F6O3/c1-15(14(24)25,10-2-4-11(5-3-10)16(18,19)20)26-13-8-6-12(7-9-13)17(21,22)23/h2-6,8H,7,9H2,1H3,(H,24,25). The predicted molar refractivity (Wildman–Crippen MR) is 79.0 cm³/mol. The van der Waals surface area contributed by atoms with E-state index in [1.807, 2.05) is 0 Å². The van der Waals surface area contributed by atoms with Crippen LogP contribution < -0.4 is 0 Å². The minimum absolute atomic E-state index is 0.00259. The summed E-state index contributed by atoms with van der Waals surface area (Å²) in [7, 11) is 0. The predicted octanol–water partition coefficient (Wildman–Crippen LogP) is 5.19. The SMILES string of the molecule is CC(OC1=CC=C(C(F)(F)F)CC1)(C(=O)O)c1ccc(C(F)(F)F)cc1. The van der Waals surface area contributed by atoms with Crippen molar-refractivity contribution in [1.82, 2.24) is 0 Å². The molecule has 142 valence electrons. The molecule has 1 aromatic rings. The minimum Gasteiger partial charge on any atom is -0.478 e. The first-order valence-electron chi connectivity index (χ1n) is 7.41. The molecule has 26 heavy (non-hydrogen) atoms. The summed E-state index contributed by atoms with van der Waals surface area (Å²) in [6.07, 6.45) is -7.78. The number of carboxylic acid groups (broad SMARTS) is 1. The van der Waals surface area contributed by atoms with Gasteiger partial charge in [-0.3, -0.25) is 0 Å². The molecule has 0 aliphatic heterocycles. The van der Waals surface area contributed by atoms with Gasteiger partial charge in [-0.15, -0.1) is 0 Å². The molecule has 0 spiro atoms. The molecule has 1 unspecified atom stereocenters. The lowest BCUT2D eigenvalue weighted by Crippen LogP contribution is -2.35. The number of ether oxygens (including phenoxy) is 1. The summed E-state index contributed by atoms with van der Waals surface area (Å²) in [6, 6.07) is 3.38. The molecule has 3 nitrogen and oxygen atoms in total. The van der Waals surface area contributed by atoms with E-state index < -0.39 is 35.1 Å². The molecule has 0 heterocycles. The fraction of sp³-hybridized carbons (Fsp3) is 0.353. The summed E-state index contributed by atoms with van der Waals surface area (Å²) in [5.41, 5.74) is -3.83. The van der Waals surface area contributed by atoms with Gasteiger partial charge >= 0.3 is 18.3 Å². The molecule has 9 heteroatoms. The summed E-state index contributed by atoms with van der Waals surface area (Å²) in [6.45, 7) is 1.13. The van der Waals surface area contributed by atoms with Crippen LogP contribution in [0.25, 0.3) is 0 Å². The normalized spacial score (nSPS) is 17.8. The quantitative estimate of drug-likeness (QED) is 0.732. The van der Waals surface area contributed by atoms with Crippen LogP contribution in [0.15, 0.2) is 47.7 Å². The second kappa shape index (κ2) is 6.69. The lowest BCUT2D eigenvalue weighted by atomic mass is 9.94. The zero-order valence-electron chi connectivity index (χ0n) is 13.4. The lowest BCUT2D eigenvalue weighted by Gasteiger charge is -2.29. The topological polar surface area (TPSA) is 46.5 Å². The highest BCUT2D eigenvalue weighted by Gasteiger charge is 2.40. The maximum absolute atomic E-state index is 12.6. The van der Waals surface area contributed by atoms with Crippen molar-refractivity contribution in [3.8, 4) is 0 Å². The Labute approximate surface area is 144 Å². The molecule has 0 radical (unpaired) electrons. The summed E-state index contributed by atoms with van der Waals surface area (Å²) < 4.78 is 81.1. The van der Waals surface area contributed by atoms with Gasteiger partial charge in [0.25, 0.3) is 0 Å². The van der Waals surface area contributed by atoms with E-state index in [1.54, 1.807) is 0 Å². The van der Waals surface area contributed by atoms with E-state index in [0.717, 1.165) is 43.3 Å². The zero-order chi connectivity index (χ0) is 19.8. The van der Waals surface area contributed by atoms with Gasteiger partial charge in [0.15, 0.2) is 0 Å². The number of halogens is 6. The van der Waals surface area contributed by atoms with Crippen LogP contribution in [0.1, 0.15) is 30.9 Å². The van der Waals surface area contributed by atoms with Gasteiger partial charge in [0, 0.05) is 17.6 Å².